The van der Waals surface area contributed by atoms with Crippen molar-refractivity contribution in [3.8, 4) is 0 Å². The molecule has 3 aromatic rings. The van der Waals surface area contributed by atoms with Gasteiger partial charge in [0.1, 0.15) is 0 Å². The van der Waals surface area contributed by atoms with Gasteiger partial charge in [0, 0.05) is 12.0 Å². The number of aromatic nitrogens is 3. The van der Waals surface area contributed by atoms with Crippen molar-refractivity contribution in [2.45, 2.75) is 32.4 Å². The number of rotatable bonds is 5. The number of carbonyl (C=O) groups is 1. The molecular weight excluding hydrogens is 371 g/mol. The molecule has 0 saturated heterocycles. The Balaban J connectivity index is 1.79. The molecule has 0 unspecified atom stereocenters. The summed E-state index contributed by atoms with van der Waals surface area (Å²) in [5.41, 5.74) is 3.01. The van der Waals surface area contributed by atoms with Crippen LogP contribution in [0, 0.1) is 6.92 Å². The van der Waals surface area contributed by atoms with Crippen LogP contribution >= 0.6 is 0 Å². The maximum atomic E-state index is 12.4. The predicted molar refractivity (Wildman–Crippen MR) is 100 cm³/mol. The molecule has 0 aliphatic rings. The summed E-state index contributed by atoms with van der Waals surface area (Å²) in [4.78, 5) is 15.0. The van der Waals surface area contributed by atoms with Crippen LogP contribution in [0.15, 0.2) is 42.6 Å². The summed E-state index contributed by atoms with van der Waals surface area (Å²) in [5, 5.41) is 8.93. The minimum atomic E-state index is -5.00. The summed E-state index contributed by atoms with van der Waals surface area (Å²) in [6.07, 6.45) is -3.36. The Morgan fingerprint density at radius 2 is 1.86 bits per heavy atom. The van der Waals surface area contributed by atoms with Crippen LogP contribution in [-0.2, 0) is 10.2 Å². The molecule has 148 valence electrons. The zero-order valence-corrected chi connectivity index (χ0v) is 15.6. The van der Waals surface area contributed by atoms with Crippen LogP contribution in [0.1, 0.15) is 25.0 Å². The molecule has 0 aliphatic carbocycles. The minimum Gasteiger partial charge on any atom is -0.383 e. The van der Waals surface area contributed by atoms with Crippen molar-refractivity contribution >= 4 is 23.2 Å². The molecule has 9 heteroatoms. The Labute approximate surface area is 159 Å². The third-order valence-corrected chi connectivity index (χ3v) is 4.44. The fraction of sp³-hybridized carbons (Fsp3) is 0.316. The van der Waals surface area contributed by atoms with E-state index in [4.69, 9.17) is 0 Å². The van der Waals surface area contributed by atoms with Gasteiger partial charge >= 0.3 is 12.1 Å². The number of nitrogens with zero attached hydrogens (tertiary/aromatic N) is 3. The van der Waals surface area contributed by atoms with Gasteiger partial charge < -0.3 is 5.32 Å². The van der Waals surface area contributed by atoms with Crippen LogP contribution in [0.4, 0.5) is 24.8 Å². The zero-order valence-electron chi connectivity index (χ0n) is 15.6. The van der Waals surface area contributed by atoms with Gasteiger partial charge in [-0.2, -0.15) is 18.2 Å². The number of carbonyl (C=O) groups excluding carboxylic acids is 1. The quantitative estimate of drug-likeness (QED) is 0.691. The van der Waals surface area contributed by atoms with E-state index in [1.54, 1.807) is 17.6 Å². The number of nitrogens with one attached hydrogen (secondary N) is 2. The van der Waals surface area contributed by atoms with Gasteiger partial charge in [0.05, 0.1) is 11.9 Å². The molecule has 0 radical (unpaired) electrons. The van der Waals surface area contributed by atoms with Crippen molar-refractivity contribution in [1.29, 1.82) is 0 Å². The van der Waals surface area contributed by atoms with Gasteiger partial charge in [-0.25, -0.2) is 4.52 Å². The highest BCUT2D eigenvalue weighted by Crippen LogP contribution is 2.25. The highest BCUT2D eigenvalue weighted by molar-refractivity contribution is 5.93. The third-order valence-electron chi connectivity index (χ3n) is 4.44. The molecule has 2 heterocycles. The first-order valence-electron chi connectivity index (χ1n) is 8.61. The van der Waals surface area contributed by atoms with Crippen molar-refractivity contribution < 1.29 is 18.0 Å². The number of aryl methyl sites for hydroxylation is 1. The largest absolute Gasteiger partial charge is 0.471 e. The number of pyridine rings is 1. The fourth-order valence-electron chi connectivity index (χ4n) is 2.74. The van der Waals surface area contributed by atoms with E-state index in [-0.39, 0.29) is 5.41 Å². The molecule has 0 atom stereocenters. The van der Waals surface area contributed by atoms with E-state index in [2.05, 4.69) is 41.4 Å². The molecule has 0 saturated carbocycles. The predicted octanol–water partition coefficient (Wildman–Crippen LogP) is 3.93. The van der Waals surface area contributed by atoms with Crippen LogP contribution in [0.5, 0.6) is 0 Å². The smallest absolute Gasteiger partial charge is 0.383 e. The average molecular weight is 391 g/mol. The van der Waals surface area contributed by atoms with Gasteiger partial charge in [-0.3, -0.25) is 10.1 Å². The lowest BCUT2D eigenvalue weighted by Crippen LogP contribution is -2.30. The summed E-state index contributed by atoms with van der Waals surface area (Å²) < 4.78 is 38.5. The van der Waals surface area contributed by atoms with Gasteiger partial charge in [0.2, 0.25) is 5.95 Å². The van der Waals surface area contributed by atoms with Crippen LogP contribution in [0.3, 0.4) is 0 Å². The first-order valence-corrected chi connectivity index (χ1v) is 8.61. The van der Waals surface area contributed by atoms with Gasteiger partial charge in [-0.15, -0.1) is 5.10 Å². The number of hydrogen-bond donors (Lipinski definition) is 2. The SMILES string of the molecule is Cc1cc2nc(NC(=O)C(F)(F)F)nn2cc1NCC(C)(C)c1ccccc1. The number of amides is 1. The van der Waals surface area contributed by atoms with Gasteiger partial charge in [-0.1, -0.05) is 44.2 Å². The first-order chi connectivity index (χ1) is 13.1. The summed E-state index contributed by atoms with van der Waals surface area (Å²) in [5.74, 6) is -2.51. The van der Waals surface area contributed by atoms with Gasteiger partial charge in [-0.05, 0) is 24.1 Å². The van der Waals surface area contributed by atoms with E-state index >= 15 is 0 Å². The van der Waals surface area contributed by atoms with Crippen LogP contribution in [0.2, 0.25) is 0 Å². The molecule has 0 fully saturated rings. The van der Waals surface area contributed by atoms with Gasteiger partial charge in [0.15, 0.2) is 5.65 Å². The average Bonchev–Trinajstić information content (AvgIpc) is 3.00. The molecular formula is C19H20F3N5O. The Morgan fingerprint density at radius 1 is 1.18 bits per heavy atom. The normalized spacial score (nSPS) is 12.2. The second-order valence-corrected chi connectivity index (χ2v) is 7.16. The Morgan fingerprint density at radius 3 is 2.50 bits per heavy atom. The highest BCUT2D eigenvalue weighted by atomic mass is 19.4. The van der Waals surface area contributed by atoms with E-state index in [1.807, 2.05) is 25.1 Å². The topological polar surface area (TPSA) is 71.3 Å². The van der Waals surface area contributed by atoms with Crippen LogP contribution in [0.25, 0.3) is 5.65 Å². The minimum absolute atomic E-state index is 0.142. The first kappa shape index (κ1) is 19.7. The number of hydrogen-bond acceptors (Lipinski definition) is 4. The molecule has 1 aromatic carbocycles. The molecule has 3 rings (SSSR count). The summed E-state index contributed by atoms with van der Waals surface area (Å²) in [7, 11) is 0. The lowest BCUT2D eigenvalue weighted by molar-refractivity contribution is -0.167. The molecule has 0 spiro atoms. The second kappa shape index (κ2) is 7.14. The van der Waals surface area contributed by atoms with Crippen molar-refractivity contribution in [3.05, 3.63) is 53.7 Å². The lowest BCUT2D eigenvalue weighted by Gasteiger charge is -2.26. The molecule has 6 nitrogen and oxygen atoms in total. The Bertz CT molecular complexity index is 996. The molecule has 1 amide bonds. The summed E-state index contributed by atoms with van der Waals surface area (Å²) in [6.45, 7) is 6.73. The lowest BCUT2D eigenvalue weighted by atomic mass is 9.84. The third kappa shape index (κ3) is 4.24. The van der Waals surface area contributed by atoms with Crippen molar-refractivity contribution in [1.82, 2.24) is 14.6 Å². The maximum Gasteiger partial charge on any atom is 0.471 e. The fourth-order valence-corrected chi connectivity index (χ4v) is 2.74. The number of halogens is 3. The van der Waals surface area contributed by atoms with Crippen LogP contribution in [-0.4, -0.2) is 33.2 Å². The number of anilines is 2. The standard InChI is InChI=1S/C19H20F3N5O/c1-12-9-15-24-17(25-16(28)19(20,21)22)26-27(15)10-14(12)23-11-18(2,3)13-7-5-4-6-8-13/h4-10,23H,11H2,1-3H3,(H,25,26,28). The molecule has 0 bridgehead atoms. The zero-order chi connectivity index (χ0) is 20.5. The van der Waals surface area contributed by atoms with E-state index in [9.17, 15) is 18.0 Å². The second-order valence-electron chi connectivity index (χ2n) is 7.16. The van der Waals surface area contributed by atoms with E-state index in [1.165, 1.54) is 10.1 Å². The summed E-state index contributed by atoms with van der Waals surface area (Å²) in [6, 6.07) is 11.7. The summed E-state index contributed by atoms with van der Waals surface area (Å²) >= 11 is 0. The van der Waals surface area contributed by atoms with Crippen LogP contribution < -0.4 is 10.6 Å². The number of alkyl halides is 3. The van der Waals surface area contributed by atoms with E-state index < -0.39 is 18.0 Å². The van der Waals surface area contributed by atoms with Crippen molar-refractivity contribution in [2.75, 3.05) is 17.2 Å². The number of fused-ring (bicyclic) bond motifs is 1. The van der Waals surface area contributed by atoms with E-state index in [0.29, 0.717) is 12.2 Å². The molecule has 2 N–H and O–H groups in total. The molecule has 2 aromatic heterocycles. The maximum absolute atomic E-state index is 12.4. The Hall–Kier alpha value is -3.10. The molecule has 0 aliphatic heterocycles. The highest BCUT2D eigenvalue weighted by Gasteiger charge is 2.39. The monoisotopic (exact) mass is 391 g/mol. The molecule has 28 heavy (non-hydrogen) atoms. The van der Waals surface area contributed by atoms with E-state index in [0.717, 1.165) is 11.3 Å². The Kier molecular flexibility index (Phi) is 5.01. The van der Waals surface area contributed by atoms with Crippen molar-refractivity contribution in [3.63, 3.8) is 0 Å². The van der Waals surface area contributed by atoms with Crippen molar-refractivity contribution in [2.24, 2.45) is 0 Å². The number of benzene rings is 1. The van der Waals surface area contributed by atoms with Gasteiger partial charge in [0.25, 0.3) is 0 Å².